The molecule has 1 heterocycles. The summed E-state index contributed by atoms with van der Waals surface area (Å²) in [6.07, 6.45) is 1.36. The van der Waals surface area contributed by atoms with Crippen molar-refractivity contribution in [3.05, 3.63) is 40.1 Å². The van der Waals surface area contributed by atoms with Crippen LogP contribution in [0.1, 0.15) is 15.9 Å². The van der Waals surface area contributed by atoms with E-state index in [2.05, 4.69) is 20.7 Å². The number of methoxy groups -OCH3 is 1. The maximum Gasteiger partial charge on any atom is 0.352 e. The van der Waals surface area contributed by atoms with Crippen LogP contribution >= 0.6 is 15.9 Å². The number of hydrogen-bond acceptors (Lipinski definition) is 5. The lowest BCUT2D eigenvalue weighted by atomic mass is 9.99. The molecule has 7 heteroatoms. The van der Waals surface area contributed by atoms with Gasteiger partial charge in [0, 0.05) is 11.6 Å². The summed E-state index contributed by atoms with van der Waals surface area (Å²) in [6, 6.07) is 4.28. The average Bonchev–Trinajstić information content (AvgIpc) is 2.48. The summed E-state index contributed by atoms with van der Waals surface area (Å²) in [7, 11) is 1.22. The Labute approximate surface area is 122 Å². The van der Waals surface area contributed by atoms with E-state index in [-0.39, 0.29) is 22.2 Å². The second-order valence-electron chi connectivity index (χ2n) is 4.07. The first-order chi connectivity index (χ1) is 9.49. The van der Waals surface area contributed by atoms with E-state index in [4.69, 9.17) is 0 Å². The number of alkyl halides is 1. The molecule has 0 spiro atoms. The normalized spacial score (nSPS) is 17.2. The minimum atomic E-state index is -0.857. The van der Waals surface area contributed by atoms with E-state index >= 15 is 0 Å². The van der Waals surface area contributed by atoms with Crippen molar-refractivity contribution < 1.29 is 24.2 Å². The number of ether oxygens (including phenoxy) is 1. The molecule has 0 saturated carbocycles. The molecule has 0 aromatic heterocycles. The maximum absolute atomic E-state index is 12.0. The first-order valence-corrected chi connectivity index (χ1v) is 6.74. The van der Waals surface area contributed by atoms with Crippen molar-refractivity contribution in [2.24, 2.45) is 0 Å². The summed E-state index contributed by atoms with van der Waals surface area (Å²) in [5, 5.41) is 11.2. The van der Waals surface area contributed by atoms with Crippen molar-refractivity contribution in [3.63, 3.8) is 0 Å². The van der Waals surface area contributed by atoms with Gasteiger partial charge in [-0.25, -0.2) is 9.59 Å². The highest BCUT2D eigenvalue weighted by atomic mass is 79.9. The number of ketones is 1. The largest absolute Gasteiger partial charge is 0.621 e. The van der Waals surface area contributed by atoms with Crippen LogP contribution in [-0.4, -0.2) is 30.1 Å². The molecule has 1 aromatic carbocycles. The third kappa shape index (κ3) is 2.43. The number of quaternary nitrogens is 1. The third-order valence-corrected chi connectivity index (χ3v) is 3.40. The van der Waals surface area contributed by atoms with Gasteiger partial charge in [-0.3, -0.25) is 9.86 Å². The molecule has 0 saturated heterocycles. The number of amides is 1. The minimum absolute atomic E-state index is 0.0343. The molecular formula is C13H10BrNO5. The Balaban J connectivity index is 2.53. The van der Waals surface area contributed by atoms with Gasteiger partial charge in [-0.05, 0) is 18.2 Å². The zero-order valence-corrected chi connectivity index (χ0v) is 12.0. The molecule has 20 heavy (non-hydrogen) atoms. The molecule has 1 aliphatic rings. The second kappa shape index (κ2) is 5.66. The van der Waals surface area contributed by atoms with E-state index in [9.17, 15) is 19.6 Å². The summed E-state index contributed by atoms with van der Waals surface area (Å²) in [5.74, 6) is -1.91. The van der Waals surface area contributed by atoms with Gasteiger partial charge in [0.05, 0.1) is 18.0 Å². The van der Waals surface area contributed by atoms with E-state index in [0.29, 0.717) is 5.56 Å². The maximum atomic E-state index is 12.0. The fraction of sp³-hybridized carbons (Fsp3) is 0.154. The smallest absolute Gasteiger partial charge is 0.352 e. The van der Waals surface area contributed by atoms with Crippen LogP contribution in [0.25, 0.3) is 6.08 Å². The fourth-order valence-corrected chi connectivity index (χ4v) is 2.17. The second-order valence-corrected chi connectivity index (χ2v) is 4.63. The summed E-state index contributed by atoms with van der Waals surface area (Å²) >= 11 is 2.96. The van der Waals surface area contributed by atoms with Gasteiger partial charge in [0.1, 0.15) is 11.3 Å². The Hall–Kier alpha value is -1.83. The number of carbonyl (C=O) groups excluding carboxylic acids is 3. The highest BCUT2D eigenvalue weighted by Gasteiger charge is 2.31. The van der Waals surface area contributed by atoms with Gasteiger partial charge >= 0.3 is 11.9 Å². The fourth-order valence-electron chi connectivity index (χ4n) is 1.87. The Morgan fingerprint density at radius 3 is 2.70 bits per heavy atom. The molecule has 1 atom stereocenters. The van der Waals surface area contributed by atoms with E-state index in [0.717, 1.165) is 0 Å². The third-order valence-electron chi connectivity index (χ3n) is 2.89. The number of rotatable bonds is 3. The number of benzene rings is 1. The summed E-state index contributed by atoms with van der Waals surface area (Å²) in [6.45, 7) is 0. The first-order valence-electron chi connectivity index (χ1n) is 5.62. The van der Waals surface area contributed by atoms with Crippen molar-refractivity contribution in [1.29, 1.82) is 0 Å². The Bertz CT molecular complexity index is 638. The topological polar surface area (TPSA) is 87.9 Å². The lowest BCUT2D eigenvalue weighted by Gasteiger charge is -2.25. The number of Topliss-reactive ketones (excluding diaryl/α,β-unsaturated/α-hetero) is 1. The number of nitrogens with one attached hydrogen (secondary N) is 1. The van der Waals surface area contributed by atoms with Crippen molar-refractivity contribution in [1.82, 2.24) is 0 Å². The zero-order valence-electron chi connectivity index (χ0n) is 10.4. The van der Waals surface area contributed by atoms with Crippen LogP contribution in [0.5, 0.6) is 0 Å². The van der Waals surface area contributed by atoms with Crippen LogP contribution in [-0.2, 0) is 14.3 Å². The van der Waals surface area contributed by atoms with Gasteiger partial charge in [0.25, 0.3) is 0 Å². The quantitative estimate of drug-likeness (QED) is 0.372. The highest BCUT2D eigenvalue weighted by Crippen LogP contribution is 2.22. The molecule has 1 amide bonds. The monoisotopic (exact) mass is 339 g/mol. The summed E-state index contributed by atoms with van der Waals surface area (Å²) in [4.78, 5) is 34.9. The number of halogens is 1. The zero-order chi connectivity index (χ0) is 14.9. The predicted octanol–water partition coefficient (Wildman–Crippen LogP) is 0.375. The van der Waals surface area contributed by atoms with Crippen LogP contribution in [0.3, 0.4) is 0 Å². The SMILES string of the molecule is COC(=O)c1ccc2c(c1)[NH+]([O-])C(=O)C(C(=O)CBr)=C2. The van der Waals surface area contributed by atoms with Crippen LogP contribution < -0.4 is 5.06 Å². The van der Waals surface area contributed by atoms with Gasteiger partial charge in [-0.1, -0.05) is 15.9 Å². The molecule has 6 nitrogen and oxygen atoms in total. The lowest BCUT2D eigenvalue weighted by Crippen LogP contribution is -3.06. The van der Waals surface area contributed by atoms with Crippen molar-refractivity contribution >= 4 is 45.4 Å². The highest BCUT2D eigenvalue weighted by molar-refractivity contribution is 9.09. The van der Waals surface area contributed by atoms with Crippen LogP contribution in [0.15, 0.2) is 23.8 Å². The van der Waals surface area contributed by atoms with Crippen molar-refractivity contribution in [2.75, 3.05) is 12.4 Å². The average molecular weight is 340 g/mol. The van der Waals surface area contributed by atoms with Crippen LogP contribution in [0, 0.1) is 5.21 Å². The predicted molar refractivity (Wildman–Crippen MR) is 73.6 cm³/mol. The number of esters is 1. The molecule has 1 aliphatic heterocycles. The standard InChI is InChI=1S/C13H10BrNO5/c1-20-13(18)8-3-2-7-4-9(11(16)6-14)12(17)15(19)10(7)5-8/h2-5,15H,6H2,1H3. The number of fused-ring (bicyclic) bond motifs is 1. The number of hydroxylamine groups is 1. The molecule has 0 radical (unpaired) electrons. The molecule has 0 aliphatic carbocycles. The Morgan fingerprint density at radius 1 is 1.40 bits per heavy atom. The van der Waals surface area contributed by atoms with E-state index in [1.165, 1.54) is 31.4 Å². The van der Waals surface area contributed by atoms with Gasteiger partial charge in [0.15, 0.2) is 5.78 Å². The summed E-state index contributed by atoms with van der Waals surface area (Å²) < 4.78 is 4.56. The molecule has 2 rings (SSSR count). The molecular weight excluding hydrogens is 330 g/mol. The summed E-state index contributed by atoms with van der Waals surface area (Å²) in [5.41, 5.74) is 0.567. The molecule has 104 valence electrons. The molecule has 0 bridgehead atoms. The molecule has 0 fully saturated rings. The van der Waals surface area contributed by atoms with Crippen molar-refractivity contribution in [3.8, 4) is 0 Å². The van der Waals surface area contributed by atoms with Crippen molar-refractivity contribution in [2.45, 2.75) is 0 Å². The lowest BCUT2D eigenvalue weighted by molar-refractivity contribution is -0.686. The van der Waals surface area contributed by atoms with Crippen LogP contribution in [0.2, 0.25) is 0 Å². The number of carbonyl (C=O) groups is 3. The Kier molecular flexibility index (Phi) is 4.12. The van der Waals surface area contributed by atoms with Gasteiger partial charge in [-0.15, -0.1) is 0 Å². The van der Waals surface area contributed by atoms with Crippen LogP contribution in [0.4, 0.5) is 5.69 Å². The first kappa shape index (κ1) is 14.6. The van der Waals surface area contributed by atoms with Gasteiger partial charge in [0.2, 0.25) is 0 Å². The minimum Gasteiger partial charge on any atom is -0.621 e. The number of hydrogen-bond donors (Lipinski definition) is 1. The molecule has 1 N–H and O–H groups in total. The molecule has 1 aromatic rings. The van der Waals surface area contributed by atoms with Gasteiger partial charge in [-0.2, -0.15) is 0 Å². The molecule has 1 unspecified atom stereocenters. The Morgan fingerprint density at radius 2 is 2.10 bits per heavy atom. The van der Waals surface area contributed by atoms with E-state index in [1.54, 1.807) is 0 Å². The van der Waals surface area contributed by atoms with E-state index in [1.807, 2.05) is 0 Å². The van der Waals surface area contributed by atoms with Gasteiger partial charge < -0.3 is 9.94 Å². The van der Waals surface area contributed by atoms with E-state index < -0.39 is 22.7 Å².